The van der Waals surface area contributed by atoms with Gasteiger partial charge in [0.15, 0.2) is 5.84 Å². The van der Waals surface area contributed by atoms with Gasteiger partial charge in [-0.25, -0.2) is 0 Å². The van der Waals surface area contributed by atoms with Crippen LogP contribution in [0, 0.1) is 0 Å². The van der Waals surface area contributed by atoms with Crippen molar-refractivity contribution in [1.29, 1.82) is 0 Å². The summed E-state index contributed by atoms with van der Waals surface area (Å²) in [6.07, 6.45) is 4.42. The van der Waals surface area contributed by atoms with Crippen molar-refractivity contribution in [3.63, 3.8) is 0 Å². The molecule has 0 radical (unpaired) electrons. The molecule has 1 aliphatic carbocycles. The van der Waals surface area contributed by atoms with E-state index in [0.29, 0.717) is 5.56 Å². The van der Waals surface area contributed by atoms with Crippen molar-refractivity contribution in [2.75, 3.05) is 0 Å². The van der Waals surface area contributed by atoms with Gasteiger partial charge in [-0.3, -0.25) is 0 Å². The van der Waals surface area contributed by atoms with Gasteiger partial charge in [0.25, 0.3) is 0 Å². The van der Waals surface area contributed by atoms with Crippen LogP contribution in [-0.4, -0.2) is 21.2 Å². The zero-order valence-corrected chi connectivity index (χ0v) is 11.4. The number of aromatic nitrogens is 2. The lowest BCUT2D eigenvalue weighted by Crippen LogP contribution is -2.20. The van der Waals surface area contributed by atoms with Gasteiger partial charge < -0.3 is 15.7 Å². The molecule has 2 aromatic rings. The van der Waals surface area contributed by atoms with Gasteiger partial charge in [-0.05, 0) is 36.5 Å². The van der Waals surface area contributed by atoms with Crippen LogP contribution in [0.4, 0.5) is 0 Å². The number of nitrogens with two attached hydrogens (primary N) is 1. The number of ether oxygens (including phenoxy) is 1. The smallest absolute Gasteiger partial charge is 0.245 e. The molecule has 6 nitrogen and oxygen atoms in total. The standard InChI is InChI=1S/C15H16N4O2/c16-14(19-20)12-8-9-17-18-15(12)21-13-7-3-5-10-4-1-2-6-11(10)13/h1-2,4,6,8-9,13,20H,3,5,7H2,(H2,16,19). The Morgan fingerprint density at radius 2 is 2.19 bits per heavy atom. The molecule has 0 saturated carbocycles. The first-order chi connectivity index (χ1) is 10.3. The Morgan fingerprint density at radius 1 is 1.33 bits per heavy atom. The van der Waals surface area contributed by atoms with E-state index in [1.807, 2.05) is 12.1 Å². The van der Waals surface area contributed by atoms with Crippen molar-refractivity contribution < 1.29 is 9.94 Å². The molecule has 0 saturated heterocycles. The number of amidine groups is 1. The summed E-state index contributed by atoms with van der Waals surface area (Å²) in [6, 6.07) is 9.84. The Labute approximate surface area is 122 Å². The zero-order chi connectivity index (χ0) is 14.7. The van der Waals surface area contributed by atoms with Gasteiger partial charge in [0.1, 0.15) is 6.10 Å². The summed E-state index contributed by atoms with van der Waals surface area (Å²) in [5.41, 5.74) is 8.55. The molecule has 1 aromatic heterocycles. The summed E-state index contributed by atoms with van der Waals surface area (Å²) >= 11 is 0. The first kappa shape index (κ1) is 13.4. The minimum atomic E-state index is -0.0862. The fraction of sp³-hybridized carbons (Fsp3) is 0.267. The summed E-state index contributed by atoms with van der Waals surface area (Å²) in [5.74, 6) is 0.249. The third-order valence-electron chi connectivity index (χ3n) is 3.64. The molecule has 3 N–H and O–H groups in total. The highest BCUT2D eigenvalue weighted by Crippen LogP contribution is 2.33. The van der Waals surface area contributed by atoms with Crippen LogP contribution in [0.15, 0.2) is 41.7 Å². The molecular formula is C15H16N4O2. The maximum absolute atomic E-state index is 8.84. The van der Waals surface area contributed by atoms with E-state index in [1.54, 1.807) is 6.07 Å². The van der Waals surface area contributed by atoms with Crippen molar-refractivity contribution >= 4 is 5.84 Å². The lowest BCUT2D eigenvalue weighted by Gasteiger charge is -2.26. The van der Waals surface area contributed by atoms with Crippen LogP contribution in [-0.2, 0) is 6.42 Å². The van der Waals surface area contributed by atoms with E-state index in [1.165, 1.54) is 17.3 Å². The van der Waals surface area contributed by atoms with Gasteiger partial charge in [-0.1, -0.05) is 29.4 Å². The van der Waals surface area contributed by atoms with Crippen molar-refractivity contribution in [1.82, 2.24) is 10.2 Å². The second-order valence-electron chi connectivity index (χ2n) is 4.93. The molecule has 0 amide bonds. The summed E-state index contributed by atoms with van der Waals surface area (Å²) in [4.78, 5) is 0. The molecule has 0 aliphatic heterocycles. The van der Waals surface area contributed by atoms with Crippen LogP contribution >= 0.6 is 0 Å². The van der Waals surface area contributed by atoms with Crippen molar-refractivity contribution in [3.05, 3.63) is 53.2 Å². The minimum Gasteiger partial charge on any atom is -0.468 e. The summed E-state index contributed by atoms with van der Waals surface area (Å²) in [5, 5.41) is 19.6. The molecule has 21 heavy (non-hydrogen) atoms. The molecule has 0 fully saturated rings. The Hall–Kier alpha value is -2.63. The molecule has 1 atom stereocenters. The molecule has 0 bridgehead atoms. The molecule has 1 aromatic carbocycles. The number of hydrogen-bond donors (Lipinski definition) is 2. The monoisotopic (exact) mass is 284 g/mol. The summed E-state index contributed by atoms with van der Waals surface area (Å²) in [7, 11) is 0. The Kier molecular flexibility index (Phi) is 3.68. The van der Waals surface area contributed by atoms with Crippen LogP contribution in [0.5, 0.6) is 5.88 Å². The van der Waals surface area contributed by atoms with Gasteiger partial charge in [0.2, 0.25) is 5.88 Å². The number of aryl methyl sites for hydroxylation is 1. The Morgan fingerprint density at radius 3 is 3.05 bits per heavy atom. The molecule has 1 unspecified atom stereocenters. The predicted octanol–water partition coefficient (Wildman–Crippen LogP) is 2.03. The first-order valence-corrected chi connectivity index (χ1v) is 6.83. The van der Waals surface area contributed by atoms with Crippen LogP contribution < -0.4 is 10.5 Å². The largest absolute Gasteiger partial charge is 0.468 e. The highest BCUT2D eigenvalue weighted by atomic mass is 16.5. The van der Waals surface area contributed by atoms with E-state index >= 15 is 0 Å². The first-order valence-electron chi connectivity index (χ1n) is 6.83. The number of hydrogen-bond acceptors (Lipinski definition) is 5. The van der Waals surface area contributed by atoms with Crippen molar-refractivity contribution in [3.8, 4) is 5.88 Å². The predicted molar refractivity (Wildman–Crippen MR) is 77.3 cm³/mol. The molecule has 108 valence electrons. The van der Waals surface area contributed by atoms with Crippen LogP contribution in [0.1, 0.15) is 35.6 Å². The molecule has 1 aliphatic rings. The van der Waals surface area contributed by atoms with E-state index in [-0.39, 0.29) is 17.8 Å². The van der Waals surface area contributed by atoms with Crippen LogP contribution in [0.3, 0.4) is 0 Å². The summed E-state index contributed by atoms with van der Waals surface area (Å²) < 4.78 is 5.99. The lowest BCUT2D eigenvalue weighted by atomic mass is 9.89. The van der Waals surface area contributed by atoms with E-state index in [9.17, 15) is 0 Å². The molecule has 0 spiro atoms. The topological polar surface area (TPSA) is 93.6 Å². The van der Waals surface area contributed by atoms with Crippen molar-refractivity contribution in [2.45, 2.75) is 25.4 Å². The second kappa shape index (κ2) is 5.78. The fourth-order valence-electron chi connectivity index (χ4n) is 2.62. The Balaban J connectivity index is 1.92. The average Bonchev–Trinajstić information content (AvgIpc) is 2.55. The fourth-order valence-corrected chi connectivity index (χ4v) is 2.62. The van der Waals surface area contributed by atoms with Crippen LogP contribution in [0.2, 0.25) is 0 Å². The Bertz CT molecular complexity index is 672. The average molecular weight is 284 g/mol. The zero-order valence-electron chi connectivity index (χ0n) is 11.4. The van der Waals surface area contributed by atoms with E-state index in [4.69, 9.17) is 15.7 Å². The van der Waals surface area contributed by atoms with E-state index in [0.717, 1.165) is 19.3 Å². The van der Waals surface area contributed by atoms with E-state index < -0.39 is 0 Å². The quantitative estimate of drug-likeness (QED) is 0.389. The number of nitrogens with zero attached hydrogens (tertiary/aromatic N) is 3. The maximum Gasteiger partial charge on any atom is 0.245 e. The number of fused-ring (bicyclic) bond motifs is 1. The molecule has 3 rings (SSSR count). The highest BCUT2D eigenvalue weighted by molar-refractivity contribution is 5.98. The molecular weight excluding hydrogens is 268 g/mol. The van der Waals surface area contributed by atoms with Crippen LogP contribution in [0.25, 0.3) is 0 Å². The number of rotatable bonds is 3. The minimum absolute atomic E-state index is 0.0380. The van der Waals surface area contributed by atoms with Gasteiger partial charge in [-0.2, -0.15) is 5.10 Å². The van der Waals surface area contributed by atoms with E-state index in [2.05, 4.69) is 27.5 Å². The third-order valence-corrected chi connectivity index (χ3v) is 3.64. The van der Waals surface area contributed by atoms with Gasteiger partial charge in [0.05, 0.1) is 11.8 Å². The number of oxime groups is 1. The molecule has 6 heteroatoms. The molecule has 1 heterocycles. The summed E-state index contributed by atoms with van der Waals surface area (Å²) in [6.45, 7) is 0. The second-order valence-corrected chi connectivity index (χ2v) is 4.93. The maximum atomic E-state index is 8.84. The third kappa shape index (κ3) is 2.65. The van der Waals surface area contributed by atoms with Gasteiger partial charge in [-0.15, -0.1) is 5.10 Å². The lowest BCUT2D eigenvalue weighted by molar-refractivity contribution is 0.173. The highest BCUT2D eigenvalue weighted by Gasteiger charge is 2.23. The SMILES string of the molecule is N/C(=N/O)c1ccnnc1OC1CCCc2ccccc21. The van der Waals surface area contributed by atoms with Gasteiger partial charge >= 0.3 is 0 Å². The normalized spacial score (nSPS) is 18.1. The number of benzene rings is 1. The van der Waals surface area contributed by atoms with Gasteiger partial charge in [0, 0.05) is 0 Å². The van der Waals surface area contributed by atoms with Crippen molar-refractivity contribution in [2.24, 2.45) is 10.9 Å².